The van der Waals surface area contributed by atoms with Gasteiger partial charge in [-0.3, -0.25) is 19.7 Å². The number of nitrogens with zero attached hydrogens (tertiary/aromatic N) is 1. The average Bonchev–Trinajstić information content (AvgIpc) is 2.34. The van der Waals surface area contributed by atoms with E-state index in [2.05, 4.69) is 5.32 Å². The molecule has 0 aromatic carbocycles. The van der Waals surface area contributed by atoms with Crippen LogP contribution in [0, 0.1) is 0 Å². The largest absolute Gasteiger partial charge is 0.494 e. The highest BCUT2D eigenvalue weighted by atomic mass is 16.6. The monoisotopic (exact) mass is 254 g/mol. The number of rotatable bonds is 1. The van der Waals surface area contributed by atoms with E-state index in [1.807, 2.05) is 0 Å². The maximum absolute atomic E-state index is 12.2. The molecule has 0 aromatic heterocycles. The van der Waals surface area contributed by atoms with Gasteiger partial charge >= 0.3 is 0 Å². The first-order chi connectivity index (χ1) is 8.43. The Kier molecular flexibility index (Phi) is 2.98. The van der Waals surface area contributed by atoms with Crippen molar-refractivity contribution in [3.05, 3.63) is 12.0 Å². The molecular formula is C11H14N2O5. The lowest BCUT2D eigenvalue weighted by Gasteiger charge is -2.40. The second-order valence-corrected chi connectivity index (χ2v) is 4.53. The lowest BCUT2D eigenvalue weighted by Crippen LogP contribution is -2.65. The third kappa shape index (κ3) is 2.03. The fourth-order valence-electron chi connectivity index (χ4n) is 1.72. The summed E-state index contributed by atoms with van der Waals surface area (Å²) in [6.45, 7) is 3.59. The van der Waals surface area contributed by atoms with Crippen molar-refractivity contribution in [3.8, 4) is 0 Å². The molecule has 0 aliphatic carbocycles. The molecule has 0 bridgehead atoms. The topological polar surface area (TPSA) is 84.9 Å². The van der Waals surface area contributed by atoms with Crippen LogP contribution in [0.15, 0.2) is 12.0 Å². The molecule has 1 saturated heterocycles. The Balaban J connectivity index is 2.24. The normalized spacial score (nSPS) is 22.6. The fourth-order valence-corrected chi connectivity index (χ4v) is 1.72. The van der Waals surface area contributed by atoms with Crippen molar-refractivity contribution in [2.24, 2.45) is 0 Å². The van der Waals surface area contributed by atoms with Gasteiger partial charge in [-0.05, 0) is 13.8 Å². The smallest absolute Gasteiger partial charge is 0.293 e. The van der Waals surface area contributed by atoms with Crippen LogP contribution < -0.4 is 5.32 Å². The van der Waals surface area contributed by atoms with Gasteiger partial charge in [0.15, 0.2) is 0 Å². The number of imide groups is 1. The second-order valence-electron chi connectivity index (χ2n) is 4.53. The van der Waals surface area contributed by atoms with Gasteiger partial charge in [0.1, 0.15) is 31.6 Å². The van der Waals surface area contributed by atoms with E-state index in [0.717, 1.165) is 0 Å². The summed E-state index contributed by atoms with van der Waals surface area (Å²) < 4.78 is 10.2. The first kappa shape index (κ1) is 12.4. The molecule has 7 heteroatoms. The van der Waals surface area contributed by atoms with E-state index in [9.17, 15) is 14.4 Å². The van der Waals surface area contributed by atoms with Gasteiger partial charge in [-0.2, -0.15) is 0 Å². The number of ether oxygens (including phenoxy) is 2. The van der Waals surface area contributed by atoms with Crippen LogP contribution in [0.25, 0.3) is 0 Å². The third-order valence-corrected chi connectivity index (χ3v) is 2.89. The highest BCUT2D eigenvalue weighted by molar-refractivity contribution is 6.08. The number of carbonyl (C=O) groups is 3. The molecule has 3 amide bonds. The van der Waals surface area contributed by atoms with Crippen LogP contribution in [0.4, 0.5) is 0 Å². The number of nitrogens with one attached hydrogen (secondary N) is 1. The van der Waals surface area contributed by atoms with E-state index in [-0.39, 0.29) is 18.9 Å². The minimum atomic E-state index is -1.10. The summed E-state index contributed by atoms with van der Waals surface area (Å²) in [6.07, 6.45) is 1.21. The predicted octanol–water partition coefficient (Wildman–Crippen LogP) is -0.862. The zero-order chi connectivity index (χ0) is 13.3. The minimum absolute atomic E-state index is 0.0109. The molecule has 1 N–H and O–H groups in total. The summed E-state index contributed by atoms with van der Waals surface area (Å²) in [4.78, 5) is 36.4. The Morgan fingerprint density at radius 1 is 1.39 bits per heavy atom. The number of piperazine rings is 1. The molecule has 1 fully saturated rings. The Morgan fingerprint density at radius 2 is 2.11 bits per heavy atom. The van der Waals surface area contributed by atoms with E-state index in [1.165, 1.54) is 11.2 Å². The second kappa shape index (κ2) is 4.32. The molecule has 0 aromatic rings. The molecular weight excluding hydrogens is 240 g/mol. The van der Waals surface area contributed by atoms with E-state index >= 15 is 0 Å². The van der Waals surface area contributed by atoms with Crippen molar-refractivity contribution in [2.75, 3.05) is 19.8 Å². The Morgan fingerprint density at radius 3 is 2.72 bits per heavy atom. The van der Waals surface area contributed by atoms with Gasteiger partial charge in [0.05, 0.1) is 0 Å². The van der Waals surface area contributed by atoms with E-state index in [1.54, 1.807) is 13.8 Å². The predicted molar refractivity (Wildman–Crippen MR) is 58.9 cm³/mol. The third-order valence-electron chi connectivity index (χ3n) is 2.89. The molecule has 2 rings (SSSR count). The first-order valence-electron chi connectivity index (χ1n) is 5.54. The van der Waals surface area contributed by atoms with Crippen molar-refractivity contribution < 1.29 is 23.9 Å². The summed E-state index contributed by atoms with van der Waals surface area (Å²) in [5.41, 5.74) is -1.10. The Hall–Kier alpha value is -2.05. The zero-order valence-electron chi connectivity index (χ0n) is 10.2. The van der Waals surface area contributed by atoms with E-state index in [4.69, 9.17) is 9.47 Å². The number of hydrogen-bond acceptors (Lipinski definition) is 5. The maximum atomic E-state index is 12.2. The van der Waals surface area contributed by atoms with Gasteiger partial charge in [0.25, 0.3) is 11.8 Å². The molecule has 0 atom stereocenters. The van der Waals surface area contributed by atoms with Gasteiger partial charge in [-0.1, -0.05) is 0 Å². The van der Waals surface area contributed by atoms with E-state index < -0.39 is 23.3 Å². The van der Waals surface area contributed by atoms with Crippen LogP contribution in [-0.4, -0.2) is 47.9 Å². The number of amides is 3. The average molecular weight is 254 g/mol. The lowest BCUT2D eigenvalue weighted by molar-refractivity contribution is -0.155. The van der Waals surface area contributed by atoms with Crippen LogP contribution in [0.2, 0.25) is 0 Å². The maximum Gasteiger partial charge on any atom is 0.293 e. The molecule has 98 valence electrons. The number of hydrogen-bond donors (Lipinski definition) is 1. The van der Waals surface area contributed by atoms with Crippen LogP contribution in [0.5, 0.6) is 0 Å². The van der Waals surface area contributed by atoms with Gasteiger partial charge in [-0.25, -0.2) is 0 Å². The molecule has 0 saturated carbocycles. The lowest BCUT2D eigenvalue weighted by atomic mass is 9.98. The summed E-state index contributed by atoms with van der Waals surface area (Å²) in [7, 11) is 0. The van der Waals surface area contributed by atoms with Crippen molar-refractivity contribution in [1.29, 1.82) is 0 Å². The van der Waals surface area contributed by atoms with Gasteiger partial charge in [0, 0.05) is 0 Å². The Bertz CT molecular complexity index is 441. The molecule has 0 spiro atoms. The van der Waals surface area contributed by atoms with Crippen molar-refractivity contribution in [3.63, 3.8) is 0 Å². The standard InChI is InChI=1S/C11H14N2O5/c1-11(2)10(16)12-8(14)5-13(11)9(15)7-6-17-3-4-18-7/h6H,3-5H2,1-2H3,(H,12,14,16). The highest BCUT2D eigenvalue weighted by Gasteiger charge is 2.44. The zero-order valence-corrected chi connectivity index (χ0v) is 10.2. The van der Waals surface area contributed by atoms with Crippen molar-refractivity contribution in [1.82, 2.24) is 10.2 Å². The van der Waals surface area contributed by atoms with Gasteiger partial charge in [-0.15, -0.1) is 0 Å². The van der Waals surface area contributed by atoms with Gasteiger partial charge in [0.2, 0.25) is 11.7 Å². The highest BCUT2D eigenvalue weighted by Crippen LogP contribution is 2.21. The van der Waals surface area contributed by atoms with Crippen molar-refractivity contribution >= 4 is 17.7 Å². The van der Waals surface area contributed by atoms with Crippen molar-refractivity contribution in [2.45, 2.75) is 19.4 Å². The van der Waals surface area contributed by atoms with E-state index in [0.29, 0.717) is 6.61 Å². The van der Waals surface area contributed by atoms with Crippen LogP contribution >= 0.6 is 0 Å². The molecule has 0 radical (unpaired) electrons. The van der Waals surface area contributed by atoms with Crippen LogP contribution in [0.1, 0.15) is 13.8 Å². The molecule has 7 nitrogen and oxygen atoms in total. The molecule has 2 aliphatic rings. The first-order valence-corrected chi connectivity index (χ1v) is 5.54. The summed E-state index contributed by atoms with van der Waals surface area (Å²) in [5.74, 6) is -1.53. The summed E-state index contributed by atoms with van der Waals surface area (Å²) in [6, 6.07) is 0. The van der Waals surface area contributed by atoms with Crippen LogP contribution in [-0.2, 0) is 23.9 Å². The SMILES string of the molecule is CC1(C)C(=O)NC(=O)CN1C(=O)C1=COCCO1. The molecule has 2 aliphatic heterocycles. The molecule has 2 heterocycles. The number of carbonyl (C=O) groups excluding carboxylic acids is 3. The molecule has 0 unspecified atom stereocenters. The molecule has 18 heavy (non-hydrogen) atoms. The minimum Gasteiger partial charge on any atom is -0.494 e. The fraction of sp³-hybridized carbons (Fsp3) is 0.545. The quantitative estimate of drug-likeness (QED) is 0.615. The van der Waals surface area contributed by atoms with Gasteiger partial charge < -0.3 is 14.4 Å². The summed E-state index contributed by atoms with van der Waals surface area (Å²) in [5, 5.41) is 2.19. The summed E-state index contributed by atoms with van der Waals surface area (Å²) >= 11 is 0. The van der Waals surface area contributed by atoms with Crippen LogP contribution in [0.3, 0.4) is 0 Å². The Labute approximate surface area is 104 Å².